The van der Waals surface area contributed by atoms with Crippen molar-refractivity contribution in [3.8, 4) is 11.5 Å². The molecule has 23 heteroatoms. The average molecular weight is 772 g/mol. The van der Waals surface area contributed by atoms with Gasteiger partial charge in [0.1, 0.15) is 35.5 Å². The molecule has 53 heavy (non-hydrogen) atoms. The number of β-lactam (4-membered cyclic amide) rings is 1. The number of aromatic nitrogens is 3. The number of benzene rings is 1. The molecule has 3 aromatic rings. The molecule has 2 aliphatic rings. The fourth-order valence-corrected chi connectivity index (χ4v) is 6.69. The molecule has 1 aromatic carbocycles. The van der Waals surface area contributed by atoms with E-state index in [1.165, 1.54) is 42.4 Å². The molecule has 0 aliphatic carbocycles. The van der Waals surface area contributed by atoms with Crippen LogP contribution in [0.4, 0.5) is 16.6 Å². The molecule has 5 rings (SSSR count). The lowest BCUT2D eigenvalue weighted by molar-refractivity contribution is -0.691. The van der Waals surface area contributed by atoms with Gasteiger partial charge in [0.15, 0.2) is 28.0 Å². The number of nitrogens with one attached hydrogen (secondary N) is 3. The predicted octanol–water partition coefficient (Wildman–Crippen LogP) is -1.21. The zero-order valence-corrected chi connectivity index (χ0v) is 29.2. The van der Waals surface area contributed by atoms with Crippen LogP contribution in [0, 0.1) is 0 Å². The molecule has 278 valence electrons. The van der Waals surface area contributed by atoms with Crippen LogP contribution in [-0.4, -0.2) is 106 Å². The molecule has 1 fully saturated rings. The minimum absolute atomic E-state index is 0.0112. The van der Waals surface area contributed by atoms with E-state index in [1.807, 2.05) is 0 Å². The number of thioether (sulfide) groups is 1. The normalized spacial score (nSPS) is 17.0. The van der Waals surface area contributed by atoms with Crippen LogP contribution in [-0.2, 0) is 35.4 Å². The standard InChI is InChI=1S/C30H30N10O11S2/c1-30(2,28(49)50)51-38-19(15-10-53-29(32)36-15)24(45)37-20-25(46)40-21(27(47)48)13(9-52-26(20)40)7-39-8-14(22(31)34-11-39)35-18(43)6-33-23(44)12-3-4-16(41)17(42)5-12/h3-5,8,10-11,20,26,31H,6-7,9H2,1-2H3,(H9,32,33,35,36,37,38,41,42,43,44,45,47,48,49,50)/p+1/t20-,26-/m1/s1. The van der Waals surface area contributed by atoms with E-state index in [9.17, 15) is 49.2 Å². The highest BCUT2D eigenvalue weighted by Crippen LogP contribution is 2.40. The number of oxime groups is 1. The number of carbonyl (C=O) groups excluding carboxylic acids is 4. The van der Waals surface area contributed by atoms with Gasteiger partial charge in [-0.15, -0.1) is 23.1 Å². The molecule has 2 aromatic heterocycles. The minimum Gasteiger partial charge on any atom is -0.504 e. The lowest BCUT2D eigenvalue weighted by atomic mass is 10.0. The Hall–Kier alpha value is -6.49. The molecule has 11 N–H and O–H groups in total. The fourth-order valence-electron chi connectivity index (χ4n) is 4.81. The van der Waals surface area contributed by atoms with E-state index in [0.29, 0.717) is 5.57 Å². The number of thiazole rings is 1. The van der Waals surface area contributed by atoms with Crippen molar-refractivity contribution in [2.75, 3.05) is 29.1 Å². The van der Waals surface area contributed by atoms with Crippen LogP contribution >= 0.6 is 23.1 Å². The maximum atomic E-state index is 13.3. The molecule has 0 spiro atoms. The Morgan fingerprint density at radius 3 is 2.53 bits per heavy atom. The number of carboxylic acid groups (broad SMARTS) is 2. The van der Waals surface area contributed by atoms with Gasteiger partial charge in [-0.05, 0) is 37.0 Å². The highest BCUT2D eigenvalue weighted by Gasteiger charge is 2.54. The Morgan fingerprint density at radius 1 is 1.15 bits per heavy atom. The number of hydrogen-bond acceptors (Lipinski definition) is 16. The van der Waals surface area contributed by atoms with Gasteiger partial charge in [-0.2, -0.15) is 0 Å². The molecular formula is C30H31N10O11S2+. The zero-order chi connectivity index (χ0) is 38.8. The van der Waals surface area contributed by atoms with Crippen molar-refractivity contribution < 1.29 is 58.6 Å². The van der Waals surface area contributed by atoms with E-state index in [1.54, 1.807) is 0 Å². The summed E-state index contributed by atoms with van der Waals surface area (Å²) in [5.41, 5.74) is 9.30. The number of amides is 4. The monoisotopic (exact) mass is 771 g/mol. The molecular weight excluding hydrogens is 741 g/mol. The highest BCUT2D eigenvalue weighted by atomic mass is 32.2. The Balaban J connectivity index is 1.27. The molecule has 0 radical (unpaired) electrons. The largest absolute Gasteiger partial charge is 0.504 e. The number of rotatable bonds is 13. The predicted molar refractivity (Wildman–Crippen MR) is 185 cm³/mol. The third-order valence-corrected chi connectivity index (χ3v) is 9.62. The number of aromatic hydroxyl groups is 2. The summed E-state index contributed by atoms with van der Waals surface area (Å²) in [5.74, 6) is -6.81. The van der Waals surface area contributed by atoms with Gasteiger partial charge in [-0.25, -0.2) is 19.1 Å². The van der Waals surface area contributed by atoms with Crippen molar-refractivity contribution in [2.24, 2.45) is 5.16 Å². The van der Waals surface area contributed by atoms with Crippen LogP contribution in [0.2, 0.25) is 0 Å². The number of nitrogen functional groups attached to an aromatic ring is 2. The Bertz CT molecular complexity index is 2100. The Labute approximate surface area is 306 Å². The van der Waals surface area contributed by atoms with Crippen molar-refractivity contribution in [3.63, 3.8) is 0 Å². The highest BCUT2D eigenvalue weighted by molar-refractivity contribution is 8.00. The van der Waals surface area contributed by atoms with Gasteiger partial charge in [0.25, 0.3) is 29.9 Å². The van der Waals surface area contributed by atoms with E-state index >= 15 is 0 Å². The van der Waals surface area contributed by atoms with E-state index in [-0.39, 0.29) is 45.9 Å². The van der Waals surface area contributed by atoms with Crippen LogP contribution in [0.15, 0.2) is 52.5 Å². The van der Waals surface area contributed by atoms with Crippen LogP contribution < -0.4 is 32.0 Å². The third-order valence-electron chi connectivity index (χ3n) is 7.61. The van der Waals surface area contributed by atoms with Crippen LogP contribution in [0.3, 0.4) is 0 Å². The Kier molecular flexibility index (Phi) is 10.7. The first-order chi connectivity index (χ1) is 25.0. The molecule has 4 amide bonds. The fraction of sp³-hybridized carbons (Fsp3) is 0.267. The first-order valence-corrected chi connectivity index (χ1v) is 17.1. The lowest BCUT2D eigenvalue weighted by Gasteiger charge is -2.49. The number of phenolic OH excluding ortho intramolecular Hbond substituents is 2. The van der Waals surface area contributed by atoms with Gasteiger partial charge in [0, 0.05) is 22.3 Å². The number of fused-ring (bicyclic) bond motifs is 1. The summed E-state index contributed by atoms with van der Waals surface area (Å²) in [6, 6.07) is 2.19. The first kappa shape index (κ1) is 37.8. The maximum Gasteiger partial charge on any atom is 0.352 e. The molecule has 0 unspecified atom stereocenters. The second kappa shape index (κ2) is 15.0. The van der Waals surface area contributed by atoms with Crippen molar-refractivity contribution >= 4 is 81.0 Å². The second-order valence-corrected chi connectivity index (χ2v) is 13.8. The summed E-state index contributed by atoms with van der Waals surface area (Å²) in [7, 11) is 0. The SMILES string of the molecule is CC(C)(O/N=C(\C(=O)N[C@@H]1C(=O)N2C(C(=O)O)=C(C[n+]3cnc(N)c(NC(=O)CNC(=O)c4ccc(O)c(O)c4)c3)CS[C@H]12)c1csc(N)n1)C(=O)O. The van der Waals surface area contributed by atoms with Gasteiger partial charge >= 0.3 is 11.9 Å². The molecule has 21 nitrogen and oxygen atoms in total. The van der Waals surface area contributed by atoms with Gasteiger partial charge in [-0.3, -0.25) is 24.1 Å². The zero-order valence-electron chi connectivity index (χ0n) is 27.6. The van der Waals surface area contributed by atoms with Crippen molar-refractivity contribution in [1.29, 1.82) is 0 Å². The number of nitrogens with zero attached hydrogens (tertiary/aromatic N) is 5. The van der Waals surface area contributed by atoms with E-state index in [0.717, 1.165) is 40.1 Å². The topological polar surface area (TPSA) is 326 Å². The summed E-state index contributed by atoms with van der Waals surface area (Å²) in [5, 5.41) is 50.2. The summed E-state index contributed by atoms with van der Waals surface area (Å²) in [6.07, 6.45) is 2.66. The van der Waals surface area contributed by atoms with Crippen LogP contribution in [0.25, 0.3) is 0 Å². The van der Waals surface area contributed by atoms with E-state index < -0.39 is 76.3 Å². The number of hydrogen-bond donors (Lipinski definition) is 9. The van der Waals surface area contributed by atoms with E-state index in [2.05, 4.69) is 31.1 Å². The second-order valence-electron chi connectivity index (χ2n) is 11.8. The van der Waals surface area contributed by atoms with Crippen molar-refractivity contribution in [3.05, 3.63) is 58.6 Å². The molecule has 0 saturated carbocycles. The average Bonchev–Trinajstić information content (AvgIpc) is 3.53. The number of phenols is 2. The van der Waals surface area contributed by atoms with Crippen molar-refractivity contribution in [1.82, 2.24) is 25.5 Å². The molecule has 2 aliphatic heterocycles. The molecule has 0 bridgehead atoms. The quantitative estimate of drug-likeness (QED) is 0.0324. The van der Waals surface area contributed by atoms with Crippen LogP contribution in [0.5, 0.6) is 11.5 Å². The molecule has 1 saturated heterocycles. The summed E-state index contributed by atoms with van der Waals surface area (Å²) in [6.45, 7) is 1.81. The summed E-state index contributed by atoms with van der Waals surface area (Å²) >= 11 is 2.14. The third kappa shape index (κ3) is 8.20. The lowest BCUT2D eigenvalue weighted by Crippen LogP contribution is -2.71. The molecule has 4 heterocycles. The number of aliphatic carboxylic acids is 2. The number of nitrogens with two attached hydrogens (primary N) is 2. The maximum absolute atomic E-state index is 13.3. The molecule has 2 atom stereocenters. The van der Waals surface area contributed by atoms with Gasteiger partial charge in [-0.1, -0.05) is 5.16 Å². The summed E-state index contributed by atoms with van der Waals surface area (Å²) < 4.78 is 1.42. The van der Waals surface area contributed by atoms with Gasteiger partial charge in [0.2, 0.25) is 11.5 Å². The Morgan fingerprint density at radius 2 is 1.89 bits per heavy atom. The van der Waals surface area contributed by atoms with Gasteiger partial charge in [0.05, 0.1) is 6.54 Å². The van der Waals surface area contributed by atoms with Gasteiger partial charge < -0.3 is 52.7 Å². The number of carboxylic acids is 2. The smallest absolute Gasteiger partial charge is 0.352 e. The van der Waals surface area contributed by atoms with Crippen molar-refractivity contribution in [2.45, 2.75) is 37.4 Å². The number of anilines is 3. The minimum atomic E-state index is -1.82. The summed E-state index contributed by atoms with van der Waals surface area (Å²) in [4.78, 5) is 89.8. The van der Waals surface area contributed by atoms with Crippen LogP contribution in [0.1, 0.15) is 29.9 Å². The number of carbonyl (C=O) groups is 6. The van der Waals surface area contributed by atoms with E-state index in [4.69, 9.17) is 16.3 Å². The first-order valence-electron chi connectivity index (χ1n) is 15.1.